The van der Waals surface area contributed by atoms with Gasteiger partial charge in [-0.2, -0.15) is 74.6 Å². The second kappa shape index (κ2) is 11.7. The van der Waals surface area contributed by atoms with Crippen molar-refractivity contribution in [2.45, 2.75) is 60.2 Å². The number of nitrogens with zero attached hydrogens (tertiary/aromatic N) is 1. The molecule has 0 radical (unpaired) electrons. The fourth-order valence-corrected chi connectivity index (χ4v) is 2.97. The molecule has 4 nitrogen and oxygen atoms in total. The van der Waals surface area contributed by atoms with Gasteiger partial charge < -0.3 is 43.8 Å². The largest absolute Gasteiger partial charge is 1.00 e. The predicted octanol–water partition coefficient (Wildman–Crippen LogP) is 1.18. The van der Waals surface area contributed by atoms with Gasteiger partial charge in [-0.25, -0.2) is 0 Å². The van der Waals surface area contributed by atoms with Crippen LogP contribution in [0.5, 0.6) is 0 Å². The normalized spacial score (nSPS) is 16.3. The van der Waals surface area contributed by atoms with Crippen molar-refractivity contribution in [2.75, 3.05) is 39.9 Å². The van der Waals surface area contributed by atoms with E-state index in [1.807, 2.05) is 0 Å². The summed E-state index contributed by atoms with van der Waals surface area (Å²) in [5.74, 6) is -57.2. The maximum atomic E-state index is 13.9. The first-order valence-electron chi connectivity index (χ1n) is 9.42. The molecule has 1 unspecified atom stereocenters. The number of likely N-dealkylation sites (N-methyl/N-ethyl adjacent to an activating group) is 1. The molecule has 1 atom stereocenters. The van der Waals surface area contributed by atoms with E-state index < -0.39 is 97.5 Å². The molecule has 0 aromatic carbocycles. The van der Waals surface area contributed by atoms with Gasteiger partial charge in [0.25, 0.3) is 0 Å². The zero-order valence-electron chi connectivity index (χ0n) is 18.4. The molecule has 0 heterocycles. The number of quaternary nitrogens is 1. The smallest absolute Gasteiger partial charge is 0.460 e. The first-order chi connectivity index (χ1) is 16.0. The summed E-state index contributed by atoms with van der Waals surface area (Å²) in [6, 6.07) is 0. The lowest BCUT2D eigenvalue weighted by molar-refractivity contribution is -0.913. The lowest BCUT2D eigenvalue weighted by Crippen LogP contribution is -3.00. The van der Waals surface area contributed by atoms with E-state index in [0.29, 0.717) is 0 Å². The van der Waals surface area contributed by atoms with E-state index in [4.69, 9.17) is 10.2 Å². The highest BCUT2D eigenvalue weighted by Crippen LogP contribution is 2.64. The molecule has 0 aliphatic heterocycles. The monoisotopic (exact) mass is 723 g/mol. The number of hydrogen-bond donors (Lipinski definition) is 3. The molecule has 0 aromatic rings. The van der Waals surface area contributed by atoms with Gasteiger partial charge in [-0.15, -0.1) is 0 Å². The maximum absolute atomic E-state index is 13.9. The number of halogens is 18. The summed E-state index contributed by atoms with van der Waals surface area (Å²) in [6.45, 7) is -3.83. The molecule has 0 saturated carbocycles. The third kappa shape index (κ3) is 6.47. The van der Waals surface area contributed by atoms with Gasteiger partial charge in [0.15, 0.2) is 0 Å². The summed E-state index contributed by atoms with van der Waals surface area (Å²) in [5.41, 5.74) is 0. The average molecular weight is 723 g/mol. The highest BCUT2D eigenvalue weighted by molar-refractivity contribution is 5.15. The number of hydrogen-bond acceptors (Lipinski definition) is 3. The van der Waals surface area contributed by atoms with E-state index in [0.717, 1.165) is 7.05 Å². The van der Waals surface area contributed by atoms with Crippen molar-refractivity contribution in [3.8, 4) is 0 Å². The van der Waals surface area contributed by atoms with Crippen molar-refractivity contribution >= 4 is 0 Å². The van der Waals surface area contributed by atoms with E-state index in [2.05, 4.69) is 0 Å². The van der Waals surface area contributed by atoms with Crippen LogP contribution in [0.25, 0.3) is 0 Å². The summed E-state index contributed by atoms with van der Waals surface area (Å²) in [5, 5.41) is 27.3. The van der Waals surface area contributed by atoms with Crippen LogP contribution < -0.4 is 24.0 Å². The summed E-state index contributed by atoms with van der Waals surface area (Å²) < 4.78 is 224. The Bertz CT molecular complexity index is 769. The van der Waals surface area contributed by atoms with Crippen molar-refractivity contribution in [1.82, 2.24) is 0 Å². The molecule has 22 heteroatoms. The van der Waals surface area contributed by atoms with Crippen LogP contribution in [0.1, 0.15) is 6.42 Å². The van der Waals surface area contributed by atoms with E-state index in [1.54, 1.807) is 0 Å². The zero-order chi connectivity index (χ0) is 30.3. The third-order valence-electron chi connectivity index (χ3n) is 5.21. The van der Waals surface area contributed by atoms with Crippen molar-refractivity contribution in [2.24, 2.45) is 0 Å². The SMILES string of the molecule is C[N+](CCO)(CCO)CC(O)CC(F)(F)C(F)(F)C(F)(F)C(F)(F)C(F)(F)C(F)(F)C(F)(F)C(F)(F)F.[I-]. The summed E-state index contributed by atoms with van der Waals surface area (Å²) in [7, 11) is 0.970. The molecule has 0 aliphatic rings. The second-order valence-electron chi connectivity index (χ2n) is 8.20. The van der Waals surface area contributed by atoms with Crippen molar-refractivity contribution in [3.63, 3.8) is 0 Å². The van der Waals surface area contributed by atoms with Crippen LogP contribution in [0, 0.1) is 0 Å². The lowest BCUT2D eigenvalue weighted by Gasteiger charge is -2.43. The van der Waals surface area contributed by atoms with Gasteiger partial charge in [-0.1, -0.05) is 0 Å². The Morgan fingerprint density at radius 2 is 0.842 bits per heavy atom. The number of rotatable bonds is 14. The Labute approximate surface area is 219 Å². The maximum Gasteiger partial charge on any atom is 0.460 e. The lowest BCUT2D eigenvalue weighted by atomic mass is 9.87. The Hall–Kier alpha value is -0.620. The molecule has 0 amide bonds. The van der Waals surface area contributed by atoms with Crippen LogP contribution in [-0.4, -0.2) is 113 Å². The molecule has 0 bridgehead atoms. The van der Waals surface area contributed by atoms with E-state index in [-0.39, 0.29) is 24.0 Å². The van der Waals surface area contributed by atoms with Crippen molar-refractivity contribution < 1.29 is 118 Å². The van der Waals surface area contributed by atoms with Crippen molar-refractivity contribution in [1.29, 1.82) is 0 Å². The highest BCUT2D eigenvalue weighted by Gasteiger charge is 2.95. The molecule has 0 spiro atoms. The Kier molecular flexibility index (Phi) is 12.2. The van der Waals surface area contributed by atoms with Gasteiger partial charge in [0.05, 0.1) is 20.3 Å². The number of aliphatic hydroxyl groups excluding tert-OH is 3. The molecule has 38 heavy (non-hydrogen) atoms. The fraction of sp³-hybridized carbons (Fsp3) is 1.00. The molecule has 0 saturated heterocycles. The van der Waals surface area contributed by atoms with Gasteiger partial charge in [0.2, 0.25) is 0 Å². The summed E-state index contributed by atoms with van der Waals surface area (Å²) >= 11 is 0. The van der Waals surface area contributed by atoms with E-state index in [1.165, 1.54) is 0 Å². The van der Waals surface area contributed by atoms with E-state index in [9.17, 15) is 79.7 Å². The van der Waals surface area contributed by atoms with Gasteiger partial charge in [-0.3, -0.25) is 0 Å². The zero-order valence-corrected chi connectivity index (χ0v) is 20.6. The minimum atomic E-state index is -8.71. The molecule has 0 aromatic heterocycles. The van der Waals surface area contributed by atoms with Crippen LogP contribution in [-0.2, 0) is 0 Å². The number of alkyl halides is 17. The van der Waals surface area contributed by atoms with Crippen LogP contribution in [0.4, 0.5) is 74.6 Å². The minimum absolute atomic E-state index is 0. The first kappa shape index (κ1) is 39.5. The molecular weight excluding hydrogens is 704 g/mol. The second-order valence-corrected chi connectivity index (χ2v) is 8.20. The molecule has 232 valence electrons. The first-order valence-corrected chi connectivity index (χ1v) is 9.42. The topological polar surface area (TPSA) is 60.7 Å². The standard InChI is InChI=1S/C16H19F17NO3.HI/c1-34(2-4-35,3-5-36)7-8(37)6-9(17,18)10(19,20)11(21,22)12(23,24)13(25,26)14(27,28)15(29,30)16(31,32)33;/h8,35-37H,2-7H2,1H3;1H/q+1;/p-1. The van der Waals surface area contributed by atoms with Gasteiger partial charge in [0.1, 0.15) is 25.7 Å². The van der Waals surface area contributed by atoms with Crippen LogP contribution in [0.3, 0.4) is 0 Å². The Morgan fingerprint density at radius 1 is 0.553 bits per heavy atom. The average Bonchev–Trinajstić information content (AvgIpc) is 2.65. The van der Waals surface area contributed by atoms with Crippen LogP contribution in [0.15, 0.2) is 0 Å². The molecule has 3 N–H and O–H groups in total. The Balaban J connectivity index is 0. The third-order valence-corrected chi connectivity index (χ3v) is 5.21. The van der Waals surface area contributed by atoms with Crippen LogP contribution >= 0.6 is 0 Å². The van der Waals surface area contributed by atoms with Gasteiger partial charge in [0, 0.05) is 6.42 Å². The molecular formula is C16H19F17INO3. The Morgan fingerprint density at radius 3 is 1.13 bits per heavy atom. The predicted molar refractivity (Wildman–Crippen MR) is 86.3 cm³/mol. The quantitative estimate of drug-likeness (QED) is 0.144. The highest BCUT2D eigenvalue weighted by atomic mass is 127. The molecule has 0 rings (SSSR count). The van der Waals surface area contributed by atoms with Crippen LogP contribution in [0.2, 0.25) is 0 Å². The van der Waals surface area contributed by atoms with Crippen molar-refractivity contribution in [3.05, 3.63) is 0 Å². The number of aliphatic hydroxyl groups is 3. The van der Waals surface area contributed by atoms with Gasteiger partial charge >= 0.3 is 47.6 Å². The molecule has 0 fully saturated rings. The van der Waals surface area contributed by atoms with E-state index >= 15 is 0 Å². The summed E-state index contributed by atoms with van der Waals surface area (Å²) in [6.07, 6.45) is -13.7. The fourth-order valence-electron chi connectivity index (χ4n) is 2.97. The molecule has 0 aliphatic carbocycles. The minimum Gasteiger partial charge on any atom is -1.00 e. The summed E-state index contributed by atoms with van der Waals surface area (Å²) in [4.78, 5) is 0. The van der Waals surface area contributed by atoms with Gasteiger partial charge in [-0.05, 0) is 0 Å².